The van der Waals surface area contributed by atoms with E-state index in [1.54, 1.807) is 0 Å². The molecule has 0 radical (unpaired) electrons. The number of carbonyl (C=O) groups excluding carboxylic acids is 2. The van der Waals surface area contributed by atoms with E-state index in [0.717, 1.165) is 36.8 Å². The zero-order valence-electron chi connectivity index (χ0n) is 19.5. The average molecular weight is 475 g/mol. The van der Waals surface area contributed by atoms with Crippen LogP contribution >= 0.6 is 0 Å². The molecule has 35 heavy (non-hydrogen) atoms. The van der Waals surface area contributed by atoms with Gasteiger partial charge in [-0.1, -0.05) is 55.0 Å². The first-order valence-electron chi connectivity index (χ1n) is 12.6. The van der Waals surface area contributed by atoms with E-state index in [1.165, 1.54) is 11.1 Å². The summed E-state index contributed by atoms with van der Waals surface area (Å²) < 4.78 is 5.68. The third-order valence-corrected chi connectivity index (χ3v) is 8.68. The molecular weight excluding hydrogens is 444 g/mol. The number of aliphatic carboxylic acids is 1. The molecule has 5 atom stereocenters. The van der Waals surface area contributed by atoms with Crippen LogP contribution in [0.5, 0.6) is 0 Å². The molecule has 6 rings (SSSR count). The molecule has 4 aliphatic carbocycles. The predicted molar refractivity (Wildman–Crippen MR) is 129 cm³/mol. The second-order valence-corrected chi connectivity index (χ2v) is 10.6. The van der Waals surface area contributed by atoms with Crippen LogP contribution in [0.1, 0.15) is 55.6 Å². The summed E-state index contributed by atoms with van der Waals surface area (Å²) in [4.78, 5) is 37.3. The highest BCUT2D eigenvalue weighted by Crippen LogP contribution is 2.63. The smallest absolute Gasteiger partial charge is 0.407 e. The van der Waals surface area contributed by atoms with Crippen molar-refractivity contribution in [2.75, 3.05) is 6.61 Å². The molecule has 0 aliphatic heterocycles. The summed E-state index contributed by atoms with van der Waals surface area (Å²) in [7, 11) is 0. The first-order valence-corrected chi connectivity index (χ1v) is 12.6. The maximum absolute atomic E-state index is 13.0. The monoisotopic (exact) mass is 474 g/mol. The minimum atomic E-state index is -0.741. The molecule has 7 nitrogen and oxygen atoms in total. The molecule has 0 spiro atoms. The second-order valence-electron chi connectivity index (χ2n) is 10.6. The van der Waals surface area contributed by atoms with E-state index >= 15 is 0 Å². The minimum Gasteiger partial charge on any atom is -0.481 e. The van der Waals surface area contributed by atoms with Crippen molar-refractivity contribution in [3.8, 4) is 11.1 Å². The van der Waals surface area contributed by atoms with E-state index in [0.29, 0.717) is 12.8 Å². The van der Waals surface area contributed by atoms with Crippen molar-refractivity contribution in [1.29, 1.82) is 0 Å². The summed E-state index contributed by atoms with van der Waals surface area (Å²) in [6.45, 7) is 0.240. The highest BCUT2D eigenvalue weighted by Gasteiger charge is 2.65. The van der Waals surface area contributed by atoms with Crippen LogP contribution in [0.15, 0.2) is 48.5 Å². The van der Waals surface area contributed by atoms with Gasteiger partial charge in [0.15, 0.2) is 0 Å². The topological polar surface area (TPSA) is 105 Å². The highest BCUT2D eigenvalue weighted by atomic mass is 16.5. The van der Waals surface area contributed by atoms with Crippen molar-refractivity contribution in [3.05, 3.63) is 59.7 Å². The van der Waals surface area contributed by atoms with E-state index in [2.05, 4.69) is 34.9 Å². The molecule has 0 bridgehead atoms. The van der Waals surface area contributed by atoms with E-state index in [1.807, 2.05) is 24.3 Å². The van der Waals surface area contributed by atoms with Gasteiger partial charge in [0.2, 0.25) is 5.91 Å². The van der Waals surface area contributed by atoms with Gasteiger partial charge >= 0.3 is 12.1 Å². The maximum atomic E-state index is 13.0. The number of amides is 2. The molecule has 3 fully saturated rings. The number of ether oxygens (including phenoxy) is 1. The van der Waals surface area contributed by atoms with Crippen molar-refractivity contribution in [2.24, 2.45) is 17.3 Å². The van der Waals surface area contributed by atoms with Crippen LogP contribution in [-0.2, 0) is 14.3 Å². The lowest BCUT2D eigenvalue weighted by Crippen LogP contribution is -2.46. The molecule has 3 N–H and O–H groups in total. The van der Waals surface area contributed by atoms with E-state index in [-0.39, 0.29) is 42.4 Å². The van der Waals surface area contributed by atoms with Crippen LogP contribution < -0.4 is 10.6 Å². The van der Waals surface area contributed by atoms with Gasteiger partial charge in [-0.2, -0.15) is 0 Å². The number of nitrogens with one attached hydrogen (secondary N) is 2. The zero-order valence-corrected chi connectivity index (χ0v) is 19.5. The lowest BCUT2D eigenvalue weighted by Gasteiger charge is -2.24. The van der Waals surface area contributed by atoms with Crippen LogP contribution in [-0.4, -0.2) is 41.8 Å². The van der Waals surface area contributed by atoms with Gasteiger partial charge in [-0.3, -0.25) is 9.59 Å². The van der Waals surface area contributed by atoms with E-state index < -0.39 is 17.5 Å². The van der Waals surface area contributed by atoms with Crippen molar-refractivity contribution in [2.45, 2.75) is 56.5 Å². The fraction of sp³-hybridized carbons (Fsp3) is 0.464. The summed E-state index contributed by atoms with van der Waals surface area (Å²) in [5, 5.41) is 15.5. The molecule has 182 valence electrons. The minimum absolute atomic E-state index is 0.00817. The van der Waals surface area contributed by atoms with Crippen molar-refractivity contribution >= 4 is 18.0 Å². The Balaban J connectivity index is 1.05. The molecule has 2 aromatic rings. The van der Waals surface area contributed by atoms with Gasteiger partial charge in [-0.15, -0.1) is 0 Å². The van der Waals surface area contributed by atoms with E-state index in [4.69, 9.17) is 4.74 Å². The van der Waals surface area contributed by atoms with Crippen LogP contribution in [0, 0.1) is 17.3 Å². The Morgan fingerprint density at radius 2 is 1.63 bits per heavy atom. The number of alkyl carbamates (subject to hydrolysis) is 1. The normalized spacial score (nSPS) is 30.2. The molecule has 4 aliphatic rings. The number of carboxylic acids is 1. The first-order chi connectivity index (χ1) is 17.0. The lowest BCUT2D eigenvalue weighted by atomic mass is 9.98. The molecule has 2 aromatic carbocycles. The zero-order chi connectivity index (χ0) is 24.2. The van der Waals surface area contributed by atoms with Crippen LogP contribution in [0.3, 0.4) is 0 Å². The molecular formula is C28H30N2O5. The number of fused-ring (bicyclic) bond motifs is 4. The number of rotatable bonds is 6. The highest BCUT2D eigenvalue weighted by molar-refractivity contribution is 5.83. The average Bonchev–Trinajstić information content (AvgIpc) is 3.17. The summed E-state index contributed by atoms with van der Waals surface area (Å²) in [6, 6.07) is 16.1. The van der Waals surface area contributed by atoms with Crippen molar-refractivity contribution in [1.82, 2.24) is 10.6 Å². The largest absolute Gasteiger partial charge is 0.481 e. The Hall–Kier alpha value is -3.35. The molecule has 5 unspecified atom stereocenters. The Kier molecular flexibility index (Phi) is 5.31. The van der Waals surface area contributed by atoms with Crippen LogP contribution in [0.2, 0.25) is 0 Å². The Bertz CT molecular complexity index is 1150. The number of hydrogen-bond donors (Lipinski definition) is 3. The fourth-order valence-corrected chi connectivity index (χ4v) is 6.81. The lowest BCUT2D eigenvalue weighted by molar-refractivity contribution is -0.144. The third kappa shape index (κ3) is 3.77. The summed E-state index contributed by atoms with van der Waals surface area (Å²) >= 11 is 0. The molecule has 2 amide bonds. The fourth-order valence-electron chi connectivity index (χ4n) is 6.81. The van der Waals surface area contributed by atoms with Gasteiger partial charge in [0.05, 0.1) is 11.3 Å². The van der Waals surface area contributed by atoms with E-state index in [9.17, 15) is 19.5 Å². The SMILES string of the molecule is O=C(NC1CCCC1C(=O)NC1CC2CC2(C(=O)O)C1)OCC1c2ccccc2-c2ccccc21. The number of benzene rings is 2. The van der Waals surface area contributed by atoms with Gasteiger partial charge in [-0.05, 0) is 60.3 Å². The van der Waals surface area contributed by atoms with Gasteiger partial charge < -0.3 is 20.5 Å². The molecule has 3 saturated carbocycles. The summed E-state index contributed by atoms with van der Waals surface area (Å²) in [5.41, 5.74) is 4.06. The van der Waals surface area contributed by atoms with Gasteiger partial charge in [-0.25, -0.2) is 4.79 Å². The Morgan fingerprint density at radius 3 is 2.29 bits per heavy atom. The number of carbonyl (C=O) groups is 3. The van der Waals surface area contributed by atoms with Crippen molar-refractivity contribution in [3.63, 3.8) is 0 Å². The van der Waals surface area contributed by atoms with Gasteiger partial charge in [0, 0.05) is 18.0 Å². The van der Waals surface area contributed by atoms with Crippen LogP contribution in [0.4, 0.5) is 4.79 Å². The Labute approximate surface area is 204 Å². The molecule has 0 saturated heterocycles. The quantitative estimate of drug-likeness (QED) is 0.586. The van der Waals surface area contributed by atoms with Gasteiger partial charge in [0.1, 0.15) is 6.61 Å². The maximum Gasteiger partial charge on any atom is 0.407 e. The first kappa shape index (κ1) is 22.1. The standard InChI is InChI=1S/C28H30N2O5/c31-25(29-17-12-16-13-28(16,14-17)26(32)33)22-10-5-11-24(22)30-27(34)35-15-23-20-8-3-1-6-18(20)19-7-2-4-9-21(19)23/h1-4,6-9,16-17,22-24H,5,10-15H2,(H,29,31)(H,30,34)(H,32,33). The Morgan fingerprint density at radius 1 is 0.943 bits per heavy atom. The second kappa shape index (κ2) is 8.40. The number of carboxylic acid groups (broad SMARTS) is 1. The molecule has 0 aromatic heterocycles. The summed E-state index contributed by atoms with van der Waals surface area (Å²) in [6.07, 6.45) is 3.77. The molecule has 0 heterocycles. The summed E-state index contributed by atoms with van der Waals surface area (Å²) in [5.74, 6) is -0.962. The number of hydrogen-bond acceptors (Lipinski definition) is 4. The molecule has 7 heteroatoms. The van der Waals surface area contributed by atoms with Crippen LogP contribution in [0.25, 0.3) is 11.1 Å². The third-order valence-electron chi connectivity index (χ3n) is 8.68. The predicted octanol–water partition coefficient (Wildman–Crippen LogP) is 4.06. The van der Waals surface area contributed by atoms with Gasteiger partial charge in [0.25, 0.3) is 0 Å². The van der Waals surface area contributed by atoms with Crippen molar-refractivity contribution < 1.29 is 24.2 Å².